The third kappa shape index (κ3) is 3.85. The lowest BCUT2D eigenvalue weighted by Crippen LogP contribution is -2.32. The lowest BCUT2D eigenvalue weighted by Gasteiger charge is -2.27. The van der Waals surface area contributed by atoms with E-state index in [1.165, 1.54) is 0 Å². The molecule has 0 spiro atoms. The van der Waals surface area contributed by atoms with Gasteiger partial charge >= 0.3 is 0 Å². The minimum atomic E-state index is -3.59. The number of rotatable bonds is 5. The molecule has 0 radical (unpaired) electrons. The topological polar surface area (TPSA) is 43.4 Å². The number of hydrogen-bond donors (Lipinski definition) is 0. The standard InChI is InChI=1S/C14H18ClFO3S/c1-11-5-4-6-12(13(11)16)19-9-14(7-2-3-8-14)10-20(15,17)18/h4-6H,2-3,7-10H2,1H3. The number of aryl methyl sites for hydroxylation is 1. The first-order valence-electron chi connectivity index (χ1n) is 6.62. The van der Waals surface area contributed by atoms with Crippen molar-refractivity contribution in [2.24, 2.45) is 5.41 Å². The van der Waals surface area contributed by atoms with Crippen LogP contribution in [0.2, 0.25) is 0 Å². The molecule has 3 nitrogen and oxygen atoms in total. The van der Waals surface area contributed by atoms with Gasteiger partial charge in [-0.15, -0.1) is 0 Å². The zero-order valence-corrected chi connectivity index (χ0v) is 12.9. The highest BCUT2D eigenvalue weighted by Crippen LogP contribution is 2.40. The first-order valence-corrected chi connectivity index (χ1v) is 9.09. The Labute approximate surface area is 123 Å². The van der Waals surface area contributed by atoms with Crippen LogP contribution in [0.3, 0.4) is 0 Å². The van der Waals surface area contributed by atoms with Crippen molar-refractivity contribution >= 4 is 19.7 Å². The summed E-state index contributed by atoms with van der Waals surface area (Å²) in [4.78, 5) is 0. The summed E-state index contributed by atoms with van der Waals surface area (Å²) in [6.45, 7) is 1.84. The molecule has 1 saturated carbocycles. The smallest absolute Gasteiger partial charge is 0.233 e. The molecule has 0 aliphatic heterocycles. The second-order valence-electron chi connectivity index (χ2n) is 5.57. The van der Waals surface area contributed by atoms with E-state index < -0.39 is 20.3 Å². The fraction of sp³-hybridized carbons (Fsp3) is 0.571. The van der Waals surface area contributed by atoms with Crippen LogP contribution >= 0.6 is 10.7 Å². The van der Waals surface area contributed by atoms with E-state index in [0.717, 1.165) is 25.7 Å². The Morgan fingerprint density at radius 3 is 2.60 bits per heavy atom. The molecule has 6 heteroatoms. The van der Waals surface area contributed by atoms with E-state index in [1.54, 1.807) is 25.1 Å². The molecule has 0 N–H and O–H groups in total. The summed E-state index contributed by atoms with van der Waals surface area (Å²) in [5, 5.41) is 0. The number of hydrogen-bond acceptors (Lipinski definition) is 3. The molecule has 0 unspecified atom stereocenters. The molecule has 1 aliphatic carbocycles. The molecule has 1 aromatic rings. The van der Waals surface area contributed by atoms with Crippen molar-refractivity contribution in [3.63, 3.8) is 0 Å². The van der Waals surface area contributed by atoms with E-state index in [9.17, 15) is 12.8 Å². The van der Waals surface area contributed by atoms with Gasteiger partial charge in [0.15, 0.2) is 11.6 Å². The zero-order chi connectivity index (χ0) is 14.8. The van der Waals surface area contributed by atoms with Gasteiger partial charge in [0.2, 0.25) is 9.05 Å². The first kappa shape index (κ1) is 15.6. The van der Waals surface area contributed by atoms with Crippen LogP contribution in [0.15, 0.2) is 18.2 Å². The van der Waals surface area contributed by atoms with Crippen molar-refractivity contribution in [2.45, 2.75) is 32.6 Å². The summed E-state index contributed by atoms with van der Waals surface area (Å²) < 4.78 is 42.1. The van der Waals surface area contributed by atoms with Crippen LogP contribution in [0.25, 0.3) is 0 Å². The molecule has 1 aromatic carbocycles. The van der Waals surface area contributed by atoms with Crippen LogP contribution in [-0.4, -0.2) is 20.8 Å². The minimum Gasteiger partial charge on any atom is -0.490 e. The predicted molar refractivity (Wildman–Crippen MR) is 77.2 cm³/mol. The SMILES string of the molecule is Cc1cccc(OCC2(CS(=O)(=O)Cl)CCCC2)c1F. The van der Waals surface area contributed by atoms with E-state index in [-0.39, 0.29) is 18.1 Å². The number of benzene rings is 1. The third-order valence-corrected chi connectivity index (χ3v) is 5.12. The maximum atomic E-state index is 13.9. The molecule has 2 rings (SSSR count). The molecule has 0 saturated heterocycles. The maximum absolute atomic E-state index is 13.9. The average Bonchev–Trinajstić information content (AvgIpc) is 2.78. The molecule has 20 heavy (non-hydrogen) atoms. The highest BCUT2D eigenvalue weighted by Gasteiger charge is 2.38. The van der Waals surface area contributed by atoms with Gasteiger partial charge in [0, 0.05) is 16.1 Å². The fourth-order valence-corrected chi connectivity index (χ4v) is 4.58. The normalized spacial score (nSPS) is 18.1. The van der Waals surface area contributed by atoms with Crippen LogP contribution in [0.4, 0.5) is 4.39 Å². The molecule has 0 heterocycles. The second kappa shape index (κ2) is 5.90. The van der Waals surface area contributed by atoms with Gasteiger partial charge in [-0.2, -0.15) is 0 Å². The molecule has 0 atom stereocenters. The van der Waals surface area contributed by atoms with Gasteiger partial charge in [-0.25, -0.2) is 12.8 Å². The molecule has 0 amide bonds. The quantitative estimate of drug-likeness (QED) is 0.778. The Morgan fingerprint density at radius 1 is 1.35 bits per heavy atom. The number of halogens is 2. The van der Waals surface area contributed by atoms with E-state index in [4.69, 9.17) is 15.4 Å². The first-order chi connectivity index (χ1) is 9.31. The van der Waals surface area contributed by atoms with Gasteiger partial charge in [-0.3, -0.25) is 0 Å². The van der Waals surface area contributed by atoms with Gasteiger partial charge in [0.1, 0.15) is 0 Å². The summed E-state index contributed by atoms with van der Waals surface area (Å²) in [6.07, 6.45) is 3.39. The largest absolute Gasteiger partial charge is 0.490 e. The third-order valence-electron chi connectivity index (χ3n) is 3.83. The van der Waals surface area contributed by atoms with E-state index >= 15 is 0 Å². The molecular weight excluding hydrogens is 303 g/mol. The van der Waals surface area contributed by atoms with Gasteiger partial charge in [0.05, 0.1) is 12.4 Å². The van der Waals surface area contributed by atoms with Crippen LogP contribution in [-0.2, 0) is 9.05 Å². The molecular formula is C14H18ClFO3S. The monoisotopic (exact) mass is 320 g/mol. The van der Waals surface area contributed by atoms with Crippen molar-refractivity contribution in [3.8, 4) is 5.75 Å². The van der Waals surface area contributed by atoms with E-state index in [0.29, 0.717) is 5.56 Å². The fourth-order valence-electron chi connectivity index (χ4n) is 2.78. The Hall–Kier alpha value is -0.810. The van der Waals surface area contributed by atoms with Crippen LogP contribution in [0, 0.1) is 18.2 Å². The molecule has 0 bridgehead atoms. The summed E-state index contributed by atoms with van der Waals surface area (Å²) >= 11 is 0. The van der Waals surface area contributed by atoms with E-state index in [1.807, 2.05) is 0 Å². The lowest BCUT2D eigenvalue weighted by molar-refractivity contribution is 0.165. The van der Waals surface area contributed by atoms with E-state index in [2.05, 4.69) is 0 Å². The van der Waals surface area contributed by atoms with Crippen LogP contribution in [0.5, 0.6) is 5.75 Å². The second-order valence-corrected chi connectivity index (χ2v) is 8.34. The Morgan fingerprint density at radius 2 is 2.00 bits per heavy atom. The summed E-state index contributed by atoms with van der Waals surface area (Å²) in [7, 11) is 1.79. The minimum absolute atomic E-state index is 0.116. The van der Waals surface area contributed by atoms with Gasteiger partial charge in [-0.05, 0) is 31.4 Å². The van der Waals surface area contributed by atoms with Crippen molar-refractivity contribution in [2.75, 3.05) is 12.4 Å². The van der Waals surface area contributed by atoms with Gasteiger partial charge < -0.3 is 4.74 Å². The summed E-state index contributed by atoms with van der Waals surface area (Å²) in [5.74, 6) is -0.341. The summed E-state index contributed by atoms with van der Waals surface area (Å²) in [6, 6.07) is 4.93. The molecule has 0 aromatic heterocycles. The van der Waals surface area contributed by atoms with Crippen molar-refractivity contribution < 1.29 is 17.5 Å². The molecule has 112 valence electrons. The van der Waals surface area contributed by atoms with Crippen molar-refractivity contribution in [3.05, 3.63) is 29.6 Å². The highest BCUT2D eigenvalue weighted by atomic mass is 35.7. The lowest BCUT2D eigenvalue weighted by atomic mass is 9.90. The van der Waals surface area contributed by atoms with Gasteiger partial charge in [-0.1, -0.05) is 25.0 Å². The van der Waals surface area contributed by atoms with Crippen molar-refractivity contribution in [1.29, 1.82) is 0 Å². The summed E-state index contributed by atoms with van der Waals surface area (Å²) in [5.41, 5.74) is 0.0180. The maximum Gasteiger partial charge on any atom is 0.233 e. The van der Waals surface area contributed by atoms with Crippen LogP contribution < -0.4 is 4.74 Å². The van der Waals surface area contributed by atoms with Crippen molar-refractivity contribution in [1.82, 2.24) is 0 Å². The molecule has 1 fully saturated rings. The highest BCUT2D eigenvalue weighted by molar-refractivity contribution is 8.13. The van der Waals surface area contributed by atoms with Gasteiger partial charge in [0.25, 0.3) is 0 Å². The average molecular weight is 321 g/mol. The van der Waals surface area contributed by atoms with Crippen LogP contribution in [0.1, 0.15) is 31.2 Å². The Balaban J connectivity index is 2.12. The predicted octanol–water partition coefficient (Wildman–Crippen LogP) is 3.64. The Kier molecular flexibility index (Phi) is 4.59. The molecule has 1 aliphatic rings. The number of ether oxygens (including phenoxy) is 1. The zero-order valence-electron chi connectivity index (χ0n) is 11.4. The Bertz CT molecular complexity index is 580.